The van der Waals surface area contributed by atoms with E-state index in [0.29, 0.717) is 25.8 Å². The largest absolute Gasteiger partial charge is 0.507 e. The summed E-state index contributed by atoms with van der Waals surface area (Å²) >= 11 is 0. The maximum Gasteiger partial charge on any atom is 0.449 e. The van der Waals surface area contributed by atoms with Gasteiger partial charge in [0.25, 0.3) is 5.91 Å². The summed E-state index contributed by atoms with van der Waals surface area (Å²) in [6.07, 6.45) is -1.07. The zero-order chi connectivity index (χ0) is 33.3. The predicted molar refractivity (Wildman–Crippen MR) is 156 cm³/mol. The maximum absolute atomic E-state index is 12.6. The first-order valence-electron chi connectivity index (χ1n) is 14.2. The number of rotatable bonds is 11. The lowest BCUT2D eigenvalue weighted by Gasteiger charge is -2.21. The fraction of sp³-hybridized carbons (Fsp3) is 0.621. The number of halogens is 3. The molecule has 1 aromatic rings. The van der Waals surface area contributed by atoms with Gasteiger partial charge in [-0.2, -0.15) is 13.2 Å². The minimum absolute atomic E-state index is 0.00351. The molecule has 4 N–H and O–H groups in total. The number of ketones is 1. The second-order valence-corrected chi connectivity index (χ2v) is 10.9. The van der Waals surface area contributed by atoms with E-state index >= 15 is 0 Å². The molecule has 1 atom stereocenters. The Bertz CT molecular complexity index is 1140. The highest BCUT2D eigenvalue weighted by atomic mass is 19.4. The van der Waals surface area contributed by atoms with Gasteiger partial charge in [0.2, 0.25) is 5.78 Å². The SMILES string of the molecule is CC(=O)C(F)(F)F.CCOC(=O)[C@H](CNC(=O)c1ccc(OCCNC2=NCCCCC2)cc1O)NC(=O)OCC(C)(C)C. The van der Waals surface area contributed by atoms with E-state index in [4.69, 9.17) is 14.2 Å². The number of aromatic hydroxyl groups is 1. The van der Waals surface area contributed by atoms with Gasteiger partial charge in [-0.15, -0.1) is 0 Å². The van der Waals surface area contributed by atoms with Gasteiger partial charge in [-0.25, -0.2) is 9.59 Å². The Kier molecular flexibility index (Phi) is 16.0. The third-order valence-corrected chi connectivity index (χ3v) is 5.65. The minimum atomic E-state index is -4.64. The van der Waals surface area contributed by atoms with Crippen molar-refractivity contribution in [2.24, 2.45) is 10.4 Å². The molecule has 0 bridgehead atoms. The van der Waals surface area contributed by atoms with Gasteiger partial charge in [0.05, 0.1) is 31.2 Å². The molecule has 1 aromatic carbocycles. The smallest absolute Gasteiger partial charge is 0.449 e. The number of hydrogen-bond acceptors (Lipinski definition) is 10. The molecule has 0 unspecified atom stereocenters. The van der Waals surface area contributed by atoms with Gasteiger partial charge in [0.15, 0.2) is 0 Å². The van der Waals surface area contributed by atoms with Crippen molar-refractivity contribution in [1.29, 1.82) is 0 Å². The second kappa shape index (κ2) is 18.6. The van der Waals surface area contributed by atoms with Crippen LogP contribution in [0.1, 0.15) is 70.7 Å². The second-order valence-electron chi connectivity index (χ2n) is 10.9. The van der Waals surface area contributed by atoms with Crippen molar-refractivity contribution in [1.82, 2.24) is 16.0 Å². The average Bonchev–Trinajstić information content (AvgIpc) is 3.20. The van der Waals surface area contributed by atoms with E-state index in [0.717, 1.165) is 31.6 Å². The maximum atomic E-state index is 12.6. The number of Topliss-reactive ketones (excluding diaryl/α,β-unsaturated/α-hetero) is 1. The molecule has 1 heterocycles. The number of benzene rings is 1. The Labute approximate surface area is 255 Å². The fourth-order valence-corrected chi connectivity index (χ4v) is 3.37. The number of nitrogens with zero attached hydrogens (tertiary/aromatic N) is 1. The van der Waals surface area contributed by atoms with Gasteiger partial charge in [-0.3, -0.25) is 14.6 Å². The first kappa shape index (κ1) is 38.0. The summed E-state index contributed by atoms with van der Waals surface area (Å²) in [7, 11) is 0. The molecule has 0 fully saturated rings. The van der Waals surface area contributed by atoms with E-state index in [1.54, 1.807) is 13.0 Å². The summed E-state index contributed by atoms with van der Waals surface area (Å²) in [5.41, 5.74) is -0.255. The predicted octanol–water partition coefficient (Wildman–Crippen LogP) is 3.90. The number of aliphatic imine (C=N–C) groups is 1. The van der Waals surface area contributed by atoms with Gasteiger partial charge in [0, 0.05) is 32.5 Å². The minimum Gasteiger partial charge on any atom is -0.507 e. The van der Waals surface area contributed by atoms with E-state index in [1.165, 1.54) is 18.6 Å². The van der Waals surface area contributed by atoms with Crippen LogP contribution in [-0.2, 0) is 19.1 Å². The Balaban J connectivity index is 0.00000123. The van der Waals surface area contributed by atoms with Crippen LogP contribution < -0.4 is 20.7 Å². The standard InChI is InChI=1S/C26H40N4O7.C3H3F3O/c1-5-35-24(33)20(30-25(34)37-17-26(2,3)4)16-29-23(32)19-11-10-18(15-21(19)31)36-14-13-28-22-9-7-6-8-12-27-22;1-2(7)3(4,5)6/h10-11,15,20,31H,5-9,12-14,16-17H2,1-4H3,(H,27,28)(H,29,32)(H,30,34);1H3/t20-;/m0./s1. The van der Waals surface area contributed by atoms with Gasteiger partial charge in [-0.05, 0) is 37.3 Å². The molecule has 0 spiro atoms. The summed E-state index contributed by atoms with van der Waals surface area (Å²) in [6, 6.07) is 3.19. The molecular formula is C29H43F3N4O8. The summed E-state index contributed by atoms with van der Waals surface area (Å²) in [6.45, 7) is 9.60. The number of phenolic OH excluding ortho intramolecular Hbond substituents is 1. The zero-order valence-corrected chi connectivity index (χ0v) is 25.8. The van der Waals surface area contributed by atoms with Crippen molar-refractivity contribution in [2.75, 3.05) is 39.5 Å². The van der Waals surface area contributed by atoms with Crippen LogP contribution in [0.2, 0.25) is 0 Å². The van der Waals surface area contributed by atoms with Crippen molar-refractivity contribution in [3.8, 4) is 11.5 Å². The van der Waals surface area contributed by atoms with Crippen molar-refractivity contribution >= 4 is 29.6 Å². The van der Waals surface area contributed by atoms with Gasteiger partial charge in [-0.1, -0.05) is 27.2 Å². The van der Waals surface area contributed by atoms with Crippen molar-refractivity contribution < 1.29 is 51.7 Å². The number of phenols is 1. The molecule has 0 aromatic heterocycles. The molecule has 1 aliphatic rings. The monoisotopic (exact) mass is 632 g/mol. The van der Waals surface area contributed by atoms with E-state index in [-0.39, 0.29) is 36.5 Å². The van der Waals surface area contributed by atoms with Crippen molar-refractivity contribution in [3.63, 3.8) is 0 Å². The molecule has 0 saturated carbocycles. The molecular weight excluding hydrogens is 589 g/mol. The van der Waals surface area contributed by atoms with E-state index in [1.807, 2.05) is 20.8 Å². The molecule has 0 radical (unpaired) electrons. The number of amides is 2. The summed E-state index contributed by atoms with van der Waals surface area (Å²) in [5, 5.41) is 18.6. The Hall–Kier alpha value is -4.04. The van der Waals surface area contributed by atoms with E-state index in [9.17, 15) is 37.5 Å². The average molecular weight is 633 g/mol. The van der Waals surface area contributed by atoms with Crippen LogP contribution in [0, 0.1) is 5.41 Å². The van der Waals surface area contributed by atoms with Crippen LogP contribution in [0.4, 0.5) is 18.0 Å². The Morgan fingerprint density at radius 1 is 1.07 bits per heavy atom. The normalized spacial score (nSPS) is 14.0. The number of carbonyl (C=O) groups is 4. The number of carbonyl (C=O) groups excluding carboxylic acids is 4. The zero-order valence-electron chi connectivity index (χ0n) is 25.8. The molecule has 1 aliphatic heterocycles. The molecule has 248 valence electrons. The topological polar surface area (TPSA) is 165 Å². The van der Waals surface area contributed by atoms with E-state index < -0.39 is 36.0 Å². The van der Waals surface area contributed by atoms with Crippen LogP contribution in [0.15, 0.2) is 23.2 Å². The molecule has 2 rings (SSSR count). The summed E-state index contributed by atoms with van der Waals surface area (Å²) < 4.78 is 48.3. The van der Waals surface area contributed by atoms with Crippen LogP contribution in [0.25, 0.3) is 0 Å². The number of alkyl halides is 3. The lowest BCUT2D eigenvalue weighted by atomic mass is 9.99. The highest BCUT2D eigenvalue weighted by Gasteiger charge is 2.33. The van der Waals surface area contributed by atoms with Crippen LogP contribution in [0.5, 0.6) is 11.5 Å². The highest BCUT2D eigenvalue weighted by molar-refractivity contribution is 5.97. The number of alkyl carbamates (subject to hydrolysis) is 1. The molecule has 44 heavy (non-hydrogen) atoms. The molecule has 15 heteroatoms. The molecule has 12 nitrogen and oxygen atoms in total. The Morgan fingerprint density at radius 2 is 1.75 bits per heavy atom. The molecule has 2 amide bonds. The summed E-state index contributed by atoms with van der Waals surface area (Å²) in [5.74, 6) is -1.97. The highest BCUT2D eigenvalue weighted by Crippen LogP contribution is 2.23. The summed E-state index contributed by atoms with van der Waals surface area (Å²) in [4.78, 5) is 50.9. The molecule has 0 saturated heterocycles. The number of ether oxygens (including phenoxy) is 3. The Morgan fingerprint density at radius 3 is 2.34 bits per heavy atom. The van der Waals surface area contributed by atoms with Crippen LogP contribution >= 0.6 is 0 Å². The van der Waals surface area contributed by atoms with Gasteiger partial charge >= 0.3 is 18.2 Å². The number of esters is 1. The number of hydrogen-bond donors (Lipinski definition) is 4. The van der Waals surface area contributed by atoms with Gasteiger partial charge < -0.3 is 35.3 Å². The lowest BCUT2D eigenvalue weighted by molar-refractivity contribution is -0.168. The van der Waals surface area contributed by atoms with Crippen LogP contribution in [0.3, 0.4) is 0 Å². The van der Waals surface area contributed by atoms with Gasteiger partial charge in [0.1, 0.15) is 24.1 Å². The first-order chi connectivity index (χ1) is 20.5. The van der Waals surface area contributed by atoms with Crippen molar-refractivity contribution in [3.05, 3.63) is 23.8 Å². The fourth-order valence-electron chi connectivity index (χ4n) is 3.37. The number of nitrogens with one attached hydrogen (secondary N) is 3. The molecule has 0 aliphatic carbocycles. The third kappa shape index (κ3) is 16.0. The third-order valence-electron chi connectivity index (χ3n) is 5.65. The van der Waals surface area contributed by atoms with Crippen LogP contribution in [-0.4, -0.2) is 86.4 Å². The lowest BCUT2D eigenvalue weighted by Crippen LogP contribution is -2.49. The van der Waals surface area contributed by atoms with E-state index in [2.05, 4.69) is 20.9 Å². The van der Waals surface area contributed by atoms with Crippen molar-refractivity contribution in [2.45, 2.75) is 72.5 Å². The first-order valence-corrected chi connectivity index (χ1v) is 14.2. The quantitative estimate of drug-likeness (QED) is 0.209. The number of amidine groups is 1.